The van der Waals surface area contributed by atoms with Gasteiger partial charge >= 0.3 is 11.9 Å². The molecule has 0 fully saturated rings. The van der Waals surface area contributed by atoms with E-state index in [4.69, 9.17) is 14.2 Å². The number of aliphatic carboxylic acids is 1. The smallest absolute Gasteiger partial charge is 0.306 e. The summed E-state index contributed by atoms with van der Waals surface area (Å²) in [7, 11) is 5.39. The van der Waals surface area contributed by atoms with E-state index in [1.165, 1.54) is 83.5 Å². The van der Waals surface area contributed by atoms with Gasteiger partial charge in [-0.1, -0.05) is 177 Å². The van der Waals surface area contributed by atoms with Crippen LogP contribution in [0.4, 0.5) is 0 Å². The van der Waals surface area contributed by atoms with Gasteiger partial charge in [-0.05, 0) is 57.8 Å². The maximum Gasteiger partial charge on any atom is 0.306 e. The Morgan fingerprint density at radius 1 is 0.508 bits per heavy atom. The van der Waals surface area contributed by atoms with Crippen LogP contribution in [0.5, 0.6) is 0 Å². The molecule has 0 rings (SSSR count). The molecule has 0 spiro atoms. The number of hydrogen-bond donors (Lipinski definition) is 0. The van der Waals surface area contributed by atoms with Crippen LogP contribution >= 0.6 is 0 Å². The number of hydrogen-bond acceptors (Lipinski definition) is 7. The first-order valence-electron chi connectivity index (χ1n) is 23.5. The molecule has 0 radical (unpaired) electrons. The Balaban J connectivity index is 4.38. The lowest BCUT2D eigenvalue weighted by molar-refractivity contribution is -0.889. The molecule has 0 saturated carbocycles. The molecule has 2 unspecified atom stereocenters. The lowest BCUT2D eigenvalue weighted by atomic mass is 10.1. The van der Waals surface area contributed by atoms with E-state index in [-0.39, 0.29) is 42.7 Å². The molecule has 8 nitrogen and oxygen atoms in total. The van der Waals surface area contributed by atoms with Gasteiger partial charge in [0.05, 0.1) is 40.3 Å². The molecule has 0 bridgehead atoms. The van der Waals surface area contributed by atoms with Crippen LogP contribution in [-0.4, -0.2) is 75.5 Å². The molecule has 338 valence electrons. The third-order valence-corrected chi connectivity index (χ3v) is 10.2. The zero-order chi connectivity index (χ0) is 43.5. The van der Waals surface area contributed by atoms with Crippen molar-refractivity contribution in [2.45, 2.75) is 193 Å². The summed E-state index contributed by atoms with van der Waals surface area (Å²) in [5.41, 5.74) is 0. The van der Waals surface area contributed by atoms with E-state index in [9.17, 15) is 19.5 Å². The molecule has 8 heteroatoms. The fourth-order valence-corrected chi connectivity index (χ4v) is 6.51. The quantitative estimate of drug-likeness (QED) is 0.0199. The van der Waals surface area contributed by atoms with Crippen molar-refractivity contribution >= 4 is 17.9 Å². The minimum absolute atomic E-state index is 0.0272. The van der Waals surface area contributed by atoms with Gasteiger partial charge in [-0.2, -0.15) is 0 Å². The Morgan fingerprint density at radius 3 is 1.44 bits per heavy atom. The summed E-state index contributed by atoms with van der Waals surface area (Å²) in [6.45, 7) is 4.53. The maximum absolute atomic E-state index is 12.7. The van der Waals surface area contributed by atoms with Crippen LogP contribution in [0.25, 0.3) is 0 Å². The van der Waals surface area contributed by atoms with Crippen molar-refractivity contribution in [1.29, 1.82) is 0 Å². The summed E-state index contributed by atoms with van der Waals surface area (Å²) in [6, 6.07) is -0.734. The molecule has 0 N–H and O–H groups in total. The highest BCUT2D eigenvalue weighted by Crippen LogP contribution is 2.14. The zero-order valence-electron chi connectivity index (χ0n) is 38.4. The summed E-state index contributed by atoms with van der Waals surface area (Å²) in [5.74, 6) is -1.78. The number of ether oxygens (including phenoxy) is 3. The molecule has 0 heterocycles. The number of carbonyl (C=O) groups excluding carboxylic acids is 3. The molecule has 59 heavy (non-hydrogen) atoms. The average Bonchev–Trinajstić information content (AvgIpc) is 3.19. The van der Waals surface area contributed by atoms with Gasteiger partial charge in [0.2, 0.25) is 0 Å². The van der Waals surface area contributed by atoms with E-state index >= 15 is 0 Å². The highest BCUT2D eigenvalue weighted by molar-refractivity contribution is 5.70. The van der Waals surface area contributed by atoms with Gasteiger partial charge in [0.15, 0.2) is 6.10 Å². The Morgan fingerprint density at radius 2 is 0.949 bits per heavy atom. The van der Waals surface area contributed by atoms with E-state index in [2.05, 4.69) is 50.3 Å². The topological polar surface area (TPSA) is 102 Å². The predicted molar refractivity (Wildman–Crippen MR) is 245 cm³/mol. The number of carbonyl (C=O) groups is 3. The van der Waals surface area contributed by atoms with Crippen LogP contribution in [0.15, 0.2) is 72.9 Å². The molecule has 0 aliphatic carbocycles. The predicted octanol–water partition coefficient (Wildman–Crippen LogP) is 11.8. The molecule has 0 aliphatic heterocycles. The Hall–Kier alpha value is -3.23. The highest BCUT2D eigenvalue weighted by Gasteiger charge is 2.25. The van der Waals surface area contributed by atoms with E-state index in [0.29, 0.717) is 12.8 Å². The molecular weight excluding hydrogens is 739 g/mol. The Bertz CT molecular complexity index is 1190. The normalized spacial score (nSPS) is 13.6. The Labute approximate surface area is 361 Å². The van der Waals surface area contributed by atoms with Crippen LogP contribution < -0.4 is 5.11 Å². The number of unbranched alkanes of at least 4 members (excludes halogenated alkanes) is 19. The second kappa shape index (κ2) is 41.5. The van der Waals surface area contributed by atoms with Crippen LogP contribution in [0.3, 0.4) is 0 Å². The van der Waals surface area contributed by atoms with Crippen molar-refractivity contribution in [1.82, 2.24) is 0 Å². The van der Waals surface area contributed by atoms with E-state index in [0.717, 1.165) is 64.2 Å². The molecule has 0 aromatic rings. The van der Waals surface area contributed by atoms with Crippen LogP contribution in [-0.2, 0) is 28.6 Å². The van der Waals surface area contributed by atoms with Gasteiger partial charge in [-0.15, -0.1) is 0 Å². The minimum atomic E-state index is -1.13. The first kappa shape index (κ1) is 55.8. The fourth-order valence-electron chi connectivity index (χ4n) is 6.51. The second-order valence-corrected chi connectivity index (χ2v) is 16.8. The molecule has 0 amide bonds. The van der Waals surface area contributed by atoms with Crippen molar-refractivity contribution in [3.63, 3.8) is 0 Å². The van der Waals surface area contributed by atoms with Gasteiger partial charge in [0.1, 0.15) is 12.6 Å². The summed E-state index contributed by atoms with van der Waals surface area (Å²) < 4.78 is 17.2. The molecule has 0 aromatic heterocycles. The van der Waals surface area contributed by atoms with Gasteiger partial charge < -0.3 is 28.6 Å². The van der Waals surface area contributed by atoms with Crippen molar-refractivity contribution in [3.8, 4) is 0 Å². The average molecular weight is 826 g/mol. The van der Waals surface area contributed by atoms with Crippen LogP contribution in [0.1, 0.15) is 181 Å². The monoisotopic (exact) mass is 826 g/mol. The number of nitrogens with zero attached hydrogens (tertiary/aromatic N) is 1. The SMILES string of the molecule is CCC/C=C/C=C/C=C/C=C/C=C/CCCCCCCC(=O)OCC(COCCC(C(=O)[O-])[N+](C)(C)C)OC(=O)CCCCCCCCC/C=C/CCCCCCCC. The molecule has 0 aromatic carbocycles. The number of likely N-dealkylation sites (N-methyl/N-ethyl adjacent to an activating group) is 1. The van der Waals surface area contributed by atoms with Crippen LogP contribution in [0.2, 0.25) is 0 Å². The van der Waals surface area contributed by atoms with Gasteiger partial charge in [-0.25, -0.2) is 0 Å². The minimum Gasteiger partial charge on any atom is -0.544 e. The summed E-state index contributed by atoms with van der Waals surface area (Å²) in [4.78, 5) is 36.9. The van der Waals surface area contributed by atoms with Gasteiger partial charge in [0.25, 0.3) is 0 Å². The van der Waals surface area contributed by atoms with Crippen molar-refractivity contribution in [3.05, 3.63) is 72.9 Å². The first-order valence-corrected chi connectivity index (χ1v) is 23.5. The van der Waals surface area contributed by atoms with Crippen molar-refractivity contribution in [2.75, 3.05) is 41.0 Å². The molecule has 0 saturated heterocycles. The van der Waals surface area contributed by atoms with Crippen LogP contribution in [0, 0.1) is 0 Å². The van der Waals surface area contributed by atoms with E-state index < -0.39 is 18.1 Å². The molecule has 0 aliphatic rings. The van der Waals surface area contributed by atoms with Gasteiger partial charge in [-0.3, -0.25) is 9.59 Å². The van der Waals surface area contributed by atoms with Gasteiger partial charge in [0, 0.05) is 19.3 Å². The van der Waals surface area contributed by atoms with Crippen molar-refractivity contribution < 1.29 is 38.2 Å². The number of carboxylic acid groups (broad SMARTS) is 1. The number of allylic oxidation sites excluding steroid dienone is 12. The van der Waals surface area contributed by atoms with E-state index in [1.54, 1.807) is 21.1 Å². The molecular formula is C51H87NO7. The summed E-state index contributed by atoms with van der Waals surface area (Å²) >= 11 is 0. The van der Waals surface area contributed by atoms with Crippen molar-refractivity contribution in [2.24, 2.45) is 0 Å². The molecule has 2 atom stereocenters. The standard InChI is InChI=1S/C51H87NO7/c1-6-8-10-12-14-16-18-20-22-24-26-27-29-31-33-35-37-39-41-49(53)58-46-47(45-57-44-43-48(51(55)56)52(3,4)5)59-50(54)42-40-38-36-34-32-30-28-25-23-21-19-17-15-13-11-9-7-2/h10,12,14,16,18,20-24,26-27,47-48H,6-9,11,13,15,17,19,25,28-46H2,1-5H3/b12-10+,16-14+,20-18+,23-21+,24-22+,27-26+. The number of rotatable bonds is 41. The largest absolute Gasteiger partial charge is 0.544 e. The lowest BCUT2D eigenvalue weighted by Crippen LogP contribution is -2.55. The third-order valence-electron chi connectivity index (χ3n) is 10.2. The fraction of sp³-hybridized carbons (Fsp3) is 0.706. The number of esters is 2. The summed E-state index contributed by atoms with van der Waals surface area (Å²) in [5, 5.41) is 11.6. The maximum atomic E-state index is 12.7. The highest BCUT2D eigenvalue weighted by atomic mass is 16.6. The van der Waals surface area contributed by atoms with E-state index in [1.807, 2.05) is 36.5 Å². The second-order valence-electron chi connectivity index (χ2n) is 16.8. The Kier molecular flexibility index (Phi) is 39.2. The number of carboxylic acids is 1. The number of quaternary nitrogens is 1. The zero-order valence-corrected chi connectivity index (χ0v) is 38.4. The summed E-state index contributed by atoms with van der Waals surface area (Å²) in [6.07, 6.45) is 52.0. The first-order chi connectivity index (χ1) is 28.6. The lowest BCUT2D eigenvalue weighted by Gasteiger charge is -2.34. The third kappa shape index (κ3) is 40.0.